The molecule has 2 aromatic carbocycles. The zero-order valence-corrected chi connectivity index (χ0v) is 18.6. The molecule has 0 fully saturated rings. The standard InChI is InChI=1S/C24H24N2O5S/c1-3-30-19-13-8-7-12-18(19)26-23(28)21(17-10-5-4-6-11-17)31-24(29)16(2)25-22(27)20-14-9-15-32-20/h4-16,21H,3H2,1-2H3,(H,25,27)(H,26,28). The van der Waals surface area contributed by atoms with E-state index in [1.165, 1.54) is 18.3 Å². The summed E-state index contributed by atoms with van der Waals surface area (Å²) in [6.07, 6.45) is -1.21. The molecule has 0 radical (unpaired) electrons. The van der Waals surface area contributed by atoms with Gasteiger partial charge < -0.3 is 20.1 Å². The lowest BCUT2D eigenvalue weighted by Crippen LogP contribution is -2.40. The number of amides is 2. The van der Waals surface area contributed by atoms with E-state index in [0.717, 1.165) is 0 Å². The number of carbonyl (C=O) groups is 3. The Labute approximate surface area is 190 Å². The number of ether oxygens (including phenoxy) is 2. The molecule has 1 aromatic heterocycles. The molecule has 2 N–H and O–H groups in total. The van der Waals surface area contributed by atoms with E-state index < -0.39 is 24.0 Å². The number of carbonyl (C=O) groups excluding carboxylic acids is 3. The van der Waals surface area contributed by atoms with Gasteiger partial charge in [0.05, 0.1) is 17.2 Å². The van der Waals surface area contributed by atoms with E-state index in [9.17, 15) is 14.4 Å². The van der Waals surface area contributed by atoms with Crippen LogP contribution < -0.4 is 15.4 Å². The molecule has 0 bridgehead atoms. The number of rotatable bonds is 9. The van der Waals surface area contributed by atoms with E-state index >= 15 is 0 Å². The predicted molar refractivity (Wildman–Crippen MR) is 123 cm³/mol. The van der Waals surface area contributed by atoms with Crippen LogP contribution in [0.15, 0.2) is 72.1 Å². The van der Waals surface area contributed by atoms with Crippen LogP contribution in [0.1, 0.15) is 35.2 Å². The molecule has 0 aliphatic carbocycles. The quantitative estimate of drug-likeness (QED) is 0.475. The predicted octanol–water partition coefficient (Wildman–Crippen LogP) is 4.19. The minimum absolute atomic E-state index is 0.379. The second-order valence-electron chi connectivity index (χ2n) is 6.82. The Balaban J connectivity index is 1.75. The minimum atomic E-state index is -1.21. The van der Waals surface area contributed by atoms with Gasteiger partial charge in [0.25, 0.3) is 11.8 Å². The highest BCUT2D eigenvalue weighted by molar-refractivity contribution is 7.12. The summed E-state index contributed by atoms with van der Waals surface area (Å²) in [5.41, 5.74) is 0.972. The Morgan fingerprint density at radius 3 is 2.38 bits per heavy atom. The largest absolute Gasteiger partial charge is 0.492 e. The first-order valence-electron chi connectivity index (χ1n) is 10.1. The van der Waals surface area contributed by atoms with Gasteiger partial charge in [0.15, 0.2) is 0 Å². The first-order chi connectivity index (χ1) is 15.5. The average Bonchev–Trinajstić information content (AvgIpc) is 3.34. The van der Waals surface area contributed by atoms with Crippen molar-refractivity contribution in [3.63, 3.8) is 0 Å². The lowest BCUT2D eigenvalue weighted by Gasteiger charge is -2.21. The molecule has 1 heterocycles. The van der Waals surface area contributed by atoms with Gasteiger partial charge in [-0.3, -0.25) is 9.59 Å². The summed E-state index contributed by atoms with van der Waals surface area (Å²) < 4.78 is 11.1. The minimum Gasteiger partial charge on any atom is -0.492 e. The van der Waals surface area contributed by atoms with Crippen LogP contribution in [0.5, 0.6) is 5.75 Å². The molecule has 0 aliphatic heterocycles. The number of esters is 1. The summed E-state index contributed by atoms with van der Waals surface area (Å²) >= 11 is 1.27. The van der Waals surface area contributed by atoms with Crippen LogP contribution in [0.4, 0.5) is 5.69 Å². The van der Waals surface area contributed by atoms with Crippen molar-refractivity contribution in [1.29, 1.82) is 0 Å². The monoisotopic (exact) mass is 452 g/mol. The molecule has 0 aliphatic rings. The van der Waals surface area contributed by atoms with Crippen LogP contribution in [0.25, 0.3) is 0 Å². The number of anilines is 1. The molecule has 32 heavy (non-hydrogen) atoms. The first-order valence-corrected chi connectivity index (χ1v) is 11.0. The summed E-state index contributed by atoms with van der Waals surface area (Å²) in [5.74, 6) is -1.13. The molecule has 3 rings (SSSR count). The van der Waals surface area contributed by atoms with Gasteiger partial charge in [-0.1, -0.05) is 48.5 Å². The van der Waals surface area contributed by atoms with E-state index in [1.54, 1.807) is 72.1 Å². The second-order valence-corrected chi connectivity index (χ2v) is 7.77. The fraction of sp³-hybridized carbons (Fsp3) is 0.208. The Bertz CT molecular complexity index is 1050. The summed E-state index contributed by atoms with van der Waals surface area (Å²) in [6, 6.07) is 18.2. The number of nitrogens with one attached hydrogen (secondary N) is 2. The average molecular weight is 453 g/mol. The third-order valence-corrected chi connectivity index (χ3v) is 5.33. The van der Waals surface area contributed by atoms with E-state index in [0.29, 0.717) is 28.5 Å². The number of thiophene rings is 1. The molecule has 3 aromatic rings. The Morgan fingerprint density at radius 2 is 1.69 bits per heavy atom. The van der Waals surface area contributed by atoms with Crippen molar-refractivity contribution in [2.45, 2.75) is 26.0 Å². The highest BCUT2D eigenvalue weighted by Crippen LogP contribution is 2.27. The van der Waals surface area contributed by atoms with Gasteiger partial charge in [-0.15, -0.1) is 11.3 Å². The summed E-state index contributed by atoms with van der Waals surface area (Å²) in [5, 5.41) is 7.14. The van der Waals surface area contributed by atoms with Gasteiger partial charge in [0.1, 0.15) is 11.8 Å². The van der Waals surface area contributed by atoms with Crippen LogP contribution in [0.3, 0.4) is 0 Å². The summed E-state index contributed by atoms with van der Waals surface area (Å²) in [4.78, 5) is 38.6. The molecule has 7 nitrogen and oxygen atoms in total. The molecule has 2 amide bonds. The normalized spacial score (nSPS) is 12.3. The number of hydrogen-bond acceptors (Lipinski definition) is 6. The molecule has 166 valence electrons. The van der Waals surface area contributed by atoms with E-state index in [2.05, 4.69) is 10.6 Å². The van der Waals surface area contributed by atoms with Gasteiger partial charge in [0.2, 0.25) is 6.10 Å². The van der Waals surface area contributed by atoms with E-state index in [-0.39, 0.29) is 5.91 Å². The van der Waals surface area contributed by atoms with Crippen molar-refractivity contribution in [3.8, 4) is 5.75 Å². The zero-order chi connectivity index (χ0) is 22.9. The smallest absolute Gasteiger partial charge is 0.329 e. The Hall–Kier alpha value is -3.65. The number of hydrogen-bond donors (Lipinski definition) is 2. The molecule has 8 heteroatoms. The van der Waals surface area contributed by atoms with Crippen molar-refractivity contribution >= 4 is 34.8 Å². The Kier molecular flexibility index (Phi) is 7.99. The fourth-order valence-electron chi connectivity index (χ4n) is 2.90. The molecular weight excluding hydrogens is 428 g/mol. The lowest BCUT2D eigenvalue weighted by atomic mass is 10.1. The first kappa shape index (κ1) is 23.0. The highest BCUT2D eigenvalue weighted by atomic mass is 32.1. The van der Waals surface area contributed by atoms with Crippen LogP contribution in [0.2, 0.25) is 0 Å². The summed E-state index contributed by atoms with van der Waals surface area (Å²) in [6.45, 7) is 3.79. The maximum atomic E-state index is 13.1. The topological polar surface area (TPSA) is 93.7 Å². The maximum Gasteiger partial charge on any atom is 0.329 e. The van der Waals surface area contributed by atoms with Crippen LogP contribution >= 0.6 is 11.3 Å². The maximum absolute atomic E-state index is 13.1. The molecule has 2 unspecified atom stereocenters. The molecule has 2 atom stereocenters. The van der Waals surface area contributed by atoms with Crippen molar-refractivity contribution in [2.24, 2.45) is 0 Å². The highest BCUT2D eigenvalue weighted by Gasteiger charge is 2.29. The van der Waals surface area contributed by atoms with Gasteiger partial charge in [-0.2, -0.15) is 0 Å². The number of para-hydroxylation sites is 2. The van der Waals surface area contributed by atoms with E-state index in [4.69, 9.17) is 9.47 Å². The van der Waals surface area contributed by atoms with Gasteiger partial charge in [-0.25, -0.2) is 4.79 Å². The fourth-order valence-corrected chi connectivity index (χ4v) is 3.53. The van der Waals surface area contributed by atoms with Crippen LogP contribution in [-0.2, 0) is 14.3 Å². The third-order valence-electron chi connectivity index (χ3n) is 4.47. The van der Waals surface area contributed by atoms with Crippen LogP contribution in [0, 0.1) is 0 Å². The van der Waals surface area contributed by atoms with Gasteiger partial charge in [0, 0.05) is 5.56 Å². The molecule has 0 saturated carbocycles. The second kappa shape index (κ2) is 11.1. The summed E-state index contributed by atoms with van der Waals surface area (Å²) in [7, 11) is 0. The Morgan fingerprint density at radius 1 is 0.969 bits per heavy atom. The van der Waals surface area contributed by atoms with Crippen molar-refractivity contribution in [3.05, 3.63) is 82.6 Å². The lowest BCUT2D eigenvalue weighted by molar-refractivity contribution is -0.156. The SMILES string of the molecule is CCOc1ccccc1NC(=O)C(OC(=O)C(C)NC(=O)c1cccs1)c1ccccc1. The van der Waals surface area contributed by atoms with Crippen molar-refractivity contribution in [2.75, 3.05) is 11.9 Å². The van der Waals surface area contributed by atoms with Gasteiger partial charge >= 0.3 is 5.97 Å². The van der Waals surface area contributed by atoms with Crippen molar-refractivity contribution in [1.82, 2.24) is 5.32 Å². The van der Waals surface area contributed by atoms with Crippen molar-refractivity contribution < 1.29 is 23.9 Å². The molecular formula is C24H24N2O5S. The van der Waals surface area contributed by atoms with E-state index in [1.807, 2.05) is 6.92 Å². The number of benzene rings is 2. The molecule has 0 saturated heterocycles. The van der Waals surface area contributed by atoms with Gasteiger partial charge in [-0.05, 0) is 37.4 Å². The van der Waals surface area contributed by atoms with Crippen LogP contribution in [-0.4, -0.2) is 30.4 Å². The third kappa shape index (κ3) is 5.95. The molecule has 0 spiro atoms. The zero-order valence-electron chi connectivity index (χ0n) is 17.7.